The van der Waals surface area contributed by atoms with Gasteiger partial charge in [0.05, 0.1) is 23.3 Å². The van der Waals surface area contributed by atoms with Crippen LogP contribution >= 0.6 is 0 Å². The molecule has 0 radical (unpaired) electrons. The van der Waals surface area contributed by atoms with Gasteiger partial charge in [-0.05, 0) is 56.3 Å². The standard InChI is InChI=1S/C22H21N5O/c1-16-12-17(2)27(25-16)21-10-8-19(9-11-21)22(28)23-13-18-14-24-26(15-18)20-6-4-3-5-7-20/h3-12,14-15H,13H2,1-2H3,(H,23,28). The molecule has 4 aromatic rings. The van der Waals surface area contributed by atoms with Crippen molar-refractivity contribution >= 4 is 5.91 Å². The number of rotatable bonds is 5. The second-order valence-electron chi connectivity index (χ2n) is 6.70. The maximum Gasteiger partial charge on any atom is 0.251 e. The van der Waals surface area contributed by atoms with E-state index < -0.39 is 0 Å². The molecule has 0 aliphatic carbocycles. The molecule has 2 aromatic heterocycles. The van der Waals surface area contributed by atoms with Crippen molar-refractivity contribution in [2.24, 2.45) is 0 Å². The first-order chi connectivity index (χ1) is 13.6. The Balaban J connectivity index is 1.40. The summed E-state index contributed by atoms with van der Waals surface area (Å²) >= 11 is 0. The highest BCUT2D eigenvalue weighted by Gasteiger charge is 2.09. The third-order valence-corrected chi connectivity index (χ3v) is 4.49. The largest absolute Gasteiger partial charge is 0.348 e. The van der Waals surface area contributed by atoms with Gasteiger partial charge < -0.3 is 5.32 Å². The van der Waals surface area contributed by atoms with Crippen molar-refractivity contribution in [1.29, 1.82) is 0 Å². The highest BCUT2D eigenvalue weighted by molar-refractivity contribution is 5.94. The normalized spacial score (nSPS) is 10.8. The summed E-state index contributed by atoms with van der Waals surface area (Å²) in [7, 11) is 0. The molecule has 2 aromatic carbocycles. The van der Waals surface area contributed by atoms with Crippen molar-refractivity contribution in [3.8, 4) is 11.4 Å². The average Bonchev–Trinajstić information content (AvgIpc) is 3.33. The van der Waals surface area contributed by atoms with Crippen molar-refractivity contribution < 1.29 is 4.79 Å². The third-order valence-electron chi connectivity index (χ3n) is 4.49. The molecule has 6 nitrogen and oxygen atoms in total. The van der Waals surface area contributed by atoms with Crippen LogP contribution < -0.4 is 5.32 Å². The molecule has 1 N–H and O–H groups in total. The van der Waals surface area contributed by atoms with Gasteiger partial charge in [0.15, 0.2) is 0 Å². The fourth-order valence-electron chi connectivity index (χ4n) is 3.10. The van der Waals surface area contributed by atoms with E-state index in [0.717, 1.165) is 28.3 Å². The van der Waals surface area contributed by atoms with E-state index in [4.69, 9.17) is 0 Å². The van der Waals surface area contributed by atoms with E-state index in [9.17, 15) is 4.79 Å². The summed E-state index contributed by atoms with van der Waals surface area (Å²) in [5, 5.41) is 11.8. The van der Waals surface area contributed by atoms with Crippen LogP contribution in [0.1, 0.15) is 27.3 Å². The Bertz CT molecular complexity index is 1090. The van der Waals surface area contributed by atoms with Crippen LogP contribution in [0, 0.1) is 13.8 Å². The maximum atomic E-state index is 12.5. The lowest BCUT2D eigenvalue weighted by Crippen LogP contribution is -2.22. The monoisotopic (exact) mass is 371 g/mol. The molecule has 28 heavy (non-hydrogen) atoms. The van der Waals surface area contributed by atoms with Gasteiger partial charge >= 0.3 is 0 Å². The number of hydrogen-bond donors (Lipinski definition) is 1. The number of nitrogens with one attached hydrogen (secondary N) is 1. The summed E-state index contributed by atoms with van der Waals surface area (Å²) in [5.74, 6) is -0.118. The number of para-hydroxylation sites is 1. The van der Waals surface area contributed by atoms with Gasteiger partial charge in [-0.15, -0.1) is 0 Å². The molecule has 0 fully saturated rings. The lowest BCUT2D eigenvalue weighted by Gasteiger charge is -2.07. The van der Waals surface area contributed by atoms with Crippen LogP contribution in [0.15, 0.2) is 73.1 Å². The second kappa shape index (κ2) is 7.52. The van der Waals surface area contributed by atoms with Crippen molar-refractivity contribution in [3.63, 3.8) is 0 Å². The molecule has 1 amide bonds. The predicted molar refractivity (Wildman–Crippen MR) is 108 cm³/mol. The maximum absolute atomic E-state index is 12.5. The molecule has 0 spiro atoms. The van der Waals surface area contributed by atoms with E-state index in [1.165, 1.54) is 0 Å². The number of nitrogens with zero attached hydrogens (tertiary/aromatic N) is 4. The average molecular weight is 371 g/mol. The molecule has 4 rings (SSSR count). The third kappa shape index (κ3) is 3.71. The minimum absolute atomic E-state index is 0.118. The summed E-state index contributed by atoms with van der Waals surface area (Å²) in [4.78, 5) is 12.5. The molecule has 6 heteroatoms. The highest BCUT2D eigenvalue weighted by Crippen LogP contribution is 2.13. The van der Waals surface area contributed by atoms with E-state index in [1.54, 1.807) is 10.9 Å². The quantitative estimate of drug-likeness (QED) is 0.583. The van der Waals surface area contributed by atoms with Crippen molar-refractivity contribution in [2.45, 2.75) is 20.4 Å². The summed E-state index contributed by atoms with van der Waals surface area (Å²) in [5.41, 5.74) is 5.50. The van der Waals surface area contributed by atoms with Crippen molar-refractivity contribution in [2.75, 3.05) is 0 Å². The Morgan fingerprint density at radius 1 is 1.00 bits per heavy atom. The minimum atomic E-state index is -0.118. The van der Waals surface area contributed by atoms with Crippen LogP contribution in [0.3, 0.4) is 0 Å². The molecule has 0 aliphatic heterocycles. The smallest absolute Gasteiger partial charge is 0.251 e. The number of aryl methyl sites for hydroxylation is 2. The second-order valence-corrected chi connectivity index (χ2v) is 6.70. The Morgan fingerprint density at radius 2 is 1.75 bits per heavy atom. The van der Waals surface area contributed by atoms with E-state index in [2.05, 4.69) is 15.5 Å². The van der Waals surface area contributed by atoms with Gasteiger partial charge in [-0.25, -0.2) is 9.36 Å². The Hall–Kier alpha value is -3.67. The molecule has 0 saturated carbocycles. The number of carbonyl (C=O) groups is 1. The molecule has 2 heterocycles. The Labute approximate surface area is 163 Å². The zero-order valence-electron chi connectivity index (χ0n) is 15.8. The van der Waals surface area contributed by atoms with Gasteiger partial charge in [0.1, 0.15) is 0 Å². The van der Waals surface area contributed by atoms with Crippen LogP contribution in [0.2, 0.25) is 0 Å². The van der Waals surface area contributed by atoms with Crippen LogP contribution in [-0.4, -0.2) is 25.5 Å². The van der Waals surface area contributed by atoms with E-state index in [-0.39, 0.29) is 5.91 Å². The van der Waals surface area contributed by atoms with Gasteiger partial charge in [-0.2, -0.15) is 10.2 Å². The van der Waals surface area contributed by atoms with Crippen LogP contribution in [0.25, 0.3) is 11.4 Å². The summed E-state index contributed by atoms with van der Waals surface area (Å²) in [6.45, 7) is 4.40. The molecular weight excluding hydrogens is 350 g/mol. The van der Waals surface area contributed by atoms with Gasteiger partial charge in [0.2, 0.25) is 0 Å². The Morgan fingerprint density at radius 3 is 2.43 bits per heavy atom. The van der Waals surface area contributed by atoms with Gasteiger partial charge in [-0.1, -0.05) is 18.2 Å². The van der Waals surface area contributed by atoms with Crippen LogP contribution in [0.4, 0.5) is 0 Å². The van der Waals surface area contributed by atoms with Gasteiger partial charge in [0, 0.05) is 29.6 Å². The predicted octanol–water partition coefficient (Wildman–Crippen LogP) is 3.60. The zero-order valence-corrected chi connectivity index (χ0v) is 15.8. The first-order valence-corrected chi connectivity index (χ1v) is 9.11. The summed E-state index contributed by atoms with van der Waals surface area (Å²) in [6, 6.07) is 19.3. The van der Waals surface area contributed by atoms with Gasteiger partial charge in [-0.3, -0.25) is 4.79 Å². The van der Waals surface area contributed by atoms with Crippen LogP contribution in [-0.2, 0) is 6.54 Å². The molecule has 0 atom stereocenters. The topological polar surface area (TPSA) is 64.7 Å². The first-order valence-electron chi connectivity index (χ1n) is 9.11. The number of hydrogen-bond acceptors (Lipinski definition) is 3. The highest BCUT2D eigenvalue weighted by atomic mass is 16.1. The number of aromatic nitrogens is 4. The van der Waals surface area contributed by atoms with E-state index in [1.807, 2.05) is 85.4 Å². The number of carbonyl (C=O) groups excluding carboxylic acids is 1. The number of amides is 1. The summed E-state index contributed by atoms with van der Waals surface area (Å²) < 4.78 is 3.67. The lowest BCUT2D eigenvalue weighted by atomic mass is 10.2. The molecule has 0 unspecified atom stereocenters. The van der Waals surface area contributed by atoms with Crippen molar-refractivity contribution in [1.82, 2.24) is 24.9 Å². The van der Waals surface area contributed by atoms with E-state index >= 15 is 0 Å². The minimum Gasteiger partial charge on any atom is -0.348 e. The molecule has 0 saturated heterocycles. The molecule has 0 bridgehead atoms. The molecule has 140 valence electrons. The Kier molecular flexibility index (Phi) is 4.76. The van der Waals surface area contributed by atoms with E-state index in [0.29, 0.717) is 12.1 Å². The fraction of sp³-hybridized carbons (Fsp3) is 0.136. The first kappa shape index (κ1) is 17.7. The lowest BCUT2D eigenvalue weighted by molar-refractivity contribution is 0.0951. The van der Waals surface area contributed by atoms with Gasteiger partial charge in [0.25, 0.3) is 5.91 Å². The van der Waals surface area contributed by atoms with Crippen molar-refractivity contribution in [3.05, 3.63) is 95.6 Å². The molecule has 0 aliphatic rings. The fourth-order valence-corrected chi connectivity index (χ4v) is 3.10. The molecular formula is C22H21N5O. The van der Waals surface area contributed by atoms with Crippen LogP contribution in [0.5, 0.6) is 0 Å². The SMILES string of the molecule is Cc1cc(C)n(-c2ccc(C(=O)NCc3cnn(-c4ccccc4)c3)cc2)n1. The summed E-state index contributed by atoms with van der Waals surface area (Å²) in [6.07, 6.45) is 3.68. The number of benzene rings is 2. The zero-order chi connectivity index (χ0) is 19.5.